The van der Waals surface area contributed by atoms with Crippen LogP contribution in [-0.4, -0.2) is 38.8 Å². The van der Waals surface area contributed by atoms with Crippen LogP contribution in [0.5, 0.6) is 0 Å². The van der Waals surface area contributed by atoms with Gasteiger partial charge in [-0.3, -0.25) is 4.79 Å². The number of sulfonamides is 1. The van der Waals surface area contributed by atoms with Gasteiger partial charge in [-0.2, -0.15) is 0 Å². The standard InChI is InChI=1S/C10H22N2O4S/c1-5-10(6-2,7-11)12-17(14,15)8(3)9(13)16-4/h8,12H,5-7,11H2,1-4H3. The van der Waals surface area contributed by atoms with E-state index in [1.165, 1.54) is 6.92 Å². The van der Waals surface area contributed by atoms with Crippen LogP contribution in [0, 0.1) is 0 Å². The first-order valence-electron chi connectivity index (χ1n) is 5.59. The molecule has 0 radical (unpaired) electrons. The molecule has 0 fully saturated rings. The maximum atomic E-state index is 12.0. The van der Waals surface area contributed by atoms with Crippen LogP contribution < -0.4 is 10.5 Å². The number of carbonyl (C=O) groups is 1. The van der Waals surface area contributed by atoms with Crippen molar-refractivity contribution in [2.45, 2.75) is 44.4 Å². The average molecular weight is 266 g/mol. The molecule has 0 aromatic rings. The molecule has 17 heavy (non-hydrogen) atoms. The smallest absolute Gasteiger partial charge is 0.325 e. The van der Waals surface area contributed by atoms with Crippen molar-refractivity contribution in [3.63, 3.8) is 0 Å². The second-order valence-corrected chi connectivity index (χ2v) is 6.01. The summed E-state index contributed by atoms with van der Waals surface area (Å²) in [7, 11) is -2.61. The average Bonchev–Trinajstić information content (AvgIpc) is 2.34. The fourth-order valence-electron chi connectivity index (χ4n) is 1.41. The van der Waals surface area contributed by atoms with Crippen molar-refractivity contribution in [2.24, 2.45) is 5.73 Å². The lowest BCUT2D eigenvalue weighted by atomic mass is 9.95. The Hall–Kier alpha value is -0.660. The molecule has 1 atom stereocenters. The Kier molecular flexibility index (Phi) is 6.08. The lowest BCUT2D eigenvalue weighted by Crippen LogP contribution is -2.55. The number of nitrogens with two attached hydrogens (primary N) is 1. The zero-order chi connectivity index (χ0) is 13.7. The van der Waals surface area contributed by atoms with Crippen LogP contribution in [0.15, 0.2) is 0 Å². The number of carbonyl (C=O) groups excluding carboxylic acids is 1. The number of nitrogens with one attached hydrogen (secondary N) is 1. The largest absolute Gasteiger partial charge is 0.468 e. The van der Waals surface area contributed by atoms with Crippen LogP contribution in [0.2, 0.25) is 0 Å². The molecule has 0 rings (SSSR count). The van der Waals surface area contributed by atoms with Crippen LogP contribution >= 0.6 is 0 Å². The van der Waals surface area contributed by atoms with E-state index in [1.807, 2.05) is 13.8 Å². The minimum atomic E-state index is -3.77. The van der Waals surface area contributed by atoms with Gasteiger partial charge >= 0.3 is 5.97 Å². The minimum absolute atomic E-state index is 0.188. The number of methoxy groups -OCH3 is 1. The van der Waals surface area contributed by atoms with E-state index in [4.69, 9.17) is 5.73 Å². The summed E-state index contributed by atoms with van der Waals surface area (Å²) in [6.45, 7) is 5.18. The maximum absolute atomic E-state index is 12.0. The summed E-state index contributed by atoms with van der Waals surface area (Å²) in [6.07, 6.45) is 1.13. The van der Waals surface area contributed by atoms with Crippen molar-refractivity contribution in [3.05, 3.63) is 0 Å². The van der Waals surface area contributed by atoms with Gasteiger partial charge in [-0.15, -0.1) is 0 Å². The number of hydrogen-bond donors (Lipinski definition) is 2. The molecule has 1 unspecified atom stereocenters. The Morgan fingerprint density at radius 2 is 1.88 bits per heavy atom. The third-order valence-electron chi connectivity index (χ3n) is 3.10. The van der Waals surface area contributed by atoms with Crippen molar-refractivity contribution in [3.8, 4) is 0 Å². The first kappa shape index (κ1) is 16.3. The molecule has 0 saturated heterocycles. The van der Waals surface area contributed by atoms with E-state index >= 15 is 0 Å². The van der Waals surface area contributed by atoms with Gasteiger partial charge in [-0.1, -0.05) is 13.8 Å². The Balaban J connectivity index is 5.03. The van der Waals surface area contributed by atoms with E-state index < -0.39 is 26.8 Å². The highest BCUT2D eigenvalue weighted by Crippen LogP contribution is 2.16. The molecule has 0 aliphatic carbocycles. The molecule has 7 heteroatoms. The molecular formula is C10H22N2O4S. The van der Waals surface area contributed by atoms with Gasteiger partial charge in [0.25, 0.3) is 0 Å². The van der Waals surface area contributed by atoms with Crippen LogP contribution in [0.25, 0.3) is 0 Å². The predicted octanol–water partition coefficient (Wildman–Crippen LogP) is -0.0152. The lowest BCUT2D eigenvalue weighted by Gasteiger charge is -2.31. The normalized spacial score (nSPS) is 14.4. The number of rotatable bonds is 7. The van der Waals surface area contributed by atoms with Crippen molar-refractivity contribution < 1.29 is 17.9 Å². The summed E-state index contributed by atoms with van der Waals surface area (Å²) in [6, 6.07) is 0. The van der Waals surface area contributed by atoms with Crippen molar-refractivity contribution in [1.29, 1.82) is 0 Å². The summed E-state index contributed by atoms with van der Waals surface area (Å²) in [5, 5.41) is -1.24. The van der Waals surface area contributed by atoms with E-state index in [2.05, 4.69) is 9.46 Å². The SMILES string of the molecule is CCC(CC)(CN)NS(=O)(=O)C(C)C(=O)OC. The maximum Gasteiger partial charge on any atom is 0.325 e. The summed E-state index contributed by atoms with van der Waals surface area (Å²) < 4.78 is 30.9. The van der Waals surface area contributed by atoms with E-state index in [9.17, 15) is 13.2 Å². The van der Waals surface area contributed by atoms with Crippen LogP contribution in [0.4, 0.5) is 0 Å². The molecule has 0 heterocycles. The first-order valence-corrected chi connectivity index (χ1v) is 7.14. The van der Waals surface area contributed by atoms with E-state index in [-0.39, 0.29) is 6.54 Å². The molecule has 0 aliphatic heterocycles. The molecule has 102 valence electrons. The topological polar surface area (TPSA) is 98.5 Å². The third-order valence-corrected chi connectivity index (χ3v) is 4.94. The Labute approximate surface area is 103 Å². The summed E-state index contributed by atoms with van der Waals surface area (Å²) >= 11 is 0. The molecule has 0 aliphatic rings. The molecule has 6 nitrogen and oxygen atoms in total. The van der Waals surface area contributed by atoms with Crippen molar-refractivity contribution in [2.75, 3.05) is 13.7 Å². The zero-order valence-electron chi connectivity index (χ0n) is 10.8. The second-order valence-electron chi connectivity index (χ2n) is 4.00. The molecule has 0 spiro atoms. The highest BCUT2D eigenvalue weighted by molar-refractivity contribution is 7.90. The molecule has 0 bridgehead atoms. The Bertz CT molecular complexity index is 341. The fourth-order valence-corrected chi connectivity index (χ4v) is 2.91. The Morgan fingerprint density at radius 1 is 1.41 bits per heavy atom. The quantitative estimate of drug-likeness (QED) is 0.631. The second kappa shape index (κ2) is 6.32. The van der Waals surface area contributed by atoms with Crippen molar-refractivity contribution in [1.82, 2.24) is 4.72 Å². The van der Waals surface area contributed by atoms with Crippen LogP contribution in [0.3, 0.4) is 0 Å². The van der Waals surface area contributed by atoms with Gasteiger partial charge in [0.1, 0.15) is 0 Å². The highest BCUT2D eigenvalue weighted by Gasteiger charge is 2.36. The molecule has 0 aromatic carbocycles. The summed E-state index contributed by atoms with van der Waals surface area (Å²) in [5.74, 6) is -0.782. The van der Waals surface area contributed by atoms with Gasteiger partial charge < -0.3 is 10.5 Å². The van der Waals surface area contributed by atoms with Gasteiger partial charge in [-0.25, -0.2) is 13.1 Å². The third kappa shape index (κ3) is 3.93. The zero-order valence-corrected chi connectivity index (χ0v) is 11.6. The summed E-state index contributed by atoms with van der Waals surface area (Å²) in [5.41, 5.74) is 4.91. The van der Waals surface area contributed by atoms with Crippen molar-refractivity contribution >= 4 is 16.0 Å². The van der Waals surface area contributed by atoms with Gasteiger partial charge in [-0.05, 0) is 19.8 Å². The number of ether oxygens (including phenoxy) is 1. The summed E-state index contributed by atoms with van der Waals surface area (Å²) in [4.78, 5) is 11.2. The molecule has 0 aromatic heterocycles. The predicted molar refractivity (Wildman–Crippen MR) is 65.9 cm³/mol. The van der Waals surface area contributed by atoms with E-state index in [0.717, 1.165) is 7.11 Å². The monoisotopic (exact) mass is 266 g/mol. The van der Waals surface area contributed by atoms with Gasteiger partial charge in [0, 0.05) is 12.1 Å². The Morgan fingerprint density at radius 3 is 2.18 bits per heavy atom. The van der Waals surface area contributed by atoms with Crippen LogP contribution in [0.1, 0.15) is 33.6 Å². The van der Waals surface area contributed by atoms with Crippen LogP contribution in [-0.2, 0) is 19.6 Å². The van der Waals surface area contributed by atoms with Gasteiger partial charge in [0.15, 0.2) is 5.25 Å². The molecular weight excluding hydrogens is 244 g/mol. The number of hydrogen-bond acceptors (Lipinski definition) is 5. The van der Waals surface area contributed by atoms with Gasteiger partial charge in [0.05, 0.1) is 7.11 Å². The fraction of sp³-hybridized carbons (Fsp3) is 0.900. The lowest BCUT2D eigenvalue weighted by molar-refractivity contribution is -0.139. The molecule has 0 saturated carbocycles. The number of esters is 1. The van der Waals surface area contributed by atoms with Gasteiger partial charge in [0.2, 0.25) is 10.0 Å². The molecule has 0 amide bonds. The van der Waals surface area contributed by atoms with E-state index in [0.29, 0.717) is 12.8 Å². The highest BCUT2D eigenvalue weighted by atomic mass is 32.2. The minimum Gasteiger partial charge on any atom is -0.468 e. The first-order chi connectivity index (χ1) is 7.78. The van der Waals surface area contributed by atoms with E-state index in [1.54, 1.807) is 0 Å². The molecule has 3 N–H and O–H groups in total.